The lowest BCUT2D eigenvalue weighted by atomic mass is 10.2. The average molecular weight is 340 g/mol. The van der Waals surface area contributed by atoms with E-state index in [9.17, 15) is 0 Å². The number of hydrogen-bond acceptors (Lipinski definition) is 5. The quantitative estimate of drug-likeness (QED) is 0.745. The predicted octanol–water partition coefficient (Wildman–Crippen LogP) is 4.20. The van der Waals surface area contributed by atoms with Gasteiger partial charge in [-0.2, -0.15) is 5.10 Å². The first kappa shape index (κ1) is 15.5. The van der Waals surface area contributed by atoms with Crippen molar-refractivity contribution in [3.8, 4) is 0 Å². The normalized spacial score (nSPS) is 17.5. The number of aromatic amines is 1. The van der Waals surface area contributed by atoms with Gasteiger partial charge in [-0.25, -0.2) is 0 Å². The first-order valence-electron chi connectivity index (χ1n) is 8.12. The minimum absolute atomic E-state index is 0.548. The second-order valence-corrected chi connectivity index (χ2v) is 7.46. The molecule has 1 unspecified atom stereocenters. The molecular formula is C18H20N4OS. The molecule has 6 heteroatoms. The Balaban J connectivity index is 1.67. The standard InChI is InChI=1S/C18H20N4OS/c1-11-12(2)21-22-18(11)20-17-5-7-19-16-4-3-13(9-15(16)17)24-14-6-8-23-10-14/h3-5,7,9,14H,6,8,10H2,1-2H3,(H2,19,20,21,22). The molecule has 1 saturated heterocycles. The van der Waals surface area contributed by atoms with Crippen LogP contribution < -0.4 is 5.32 Å². The van der Waals surface area contributed by atoms with E-state index in [1.54, 1.807) is 0 Å². The van der Waals surface area contributed by atoms with Crippen LogP contribution in [0.2, 0.25) is 0 Å². The summed E-state index contributed by atoms with van der Waals surface area (Å²) in [6.45, 7) is 5.80. The number of nitrogens with zero attached hydrogens (tertiary/aromatic N) is 2. The number of aryl methyl sites for hydroxylation is 1. The summed E-state index contributed by atoms with van der Waals surface area (Å²) in [5, 5.41) is 12.5. The van der Waals surface area contributed by atoms with Gasteiger partial charge in [0.2, 0.25) is 0 Å². The average Bonchev–Trinajstić information content (AvgIpc) is 3.21. The number of ether oxygens (including phenoxy) is 1. The van der Waals surface area contributed by atoms with Crippen molar-refractivity contribution in [3.05, 3.63) is 41.7 Å². The number of hydrogen-bond donors (Lipinski definition) is 2. The number of aromatic nitrogens is 3. The summed E-state index contributed by atoms with van der Waals surface area (Å²) in [7, 11) is 0. The highest BCUT2D eigenvalue weighted by Crippen LogP contribution is 2.33. The van der Waals surface area contributed by atoms with Gasteiger partial charge >= 0.3 is 0 Å². The first-order chi connectivity index (χ1) is 11.7. The molecule has 4 rings (SSSR count). The van der Waals surface area contributed by atoms with Gasteiger partial charge in [-0.15, -0.1) is 11.8 Å². The van der Waals surface area contributed by atoms with E-state index in [1.807, 2.05) is 30.9 Å². The van der Waals surface area contributed by atoms with Crippen LogP contribution in [0.4, 0.5) is 11.5 Å². The van der Waals surface area contributed by atoms with Gasteiger partial charge in [0.25, 0.3) is 0 Å². The highest BCUT2D eigenvalue weighted by atomic mass is 32.2. The van der Waals surface area contributed by atoms with Gasteiger partial charge in [-0.3, -0.25) is 10.1 Å². The Morgan fingerprint density at radius 2 is 2.21 bits per heavy atom. The van der Waals surface area contributed by atoms with Crippen molar-refractivity contribution in [2.45, 2.75) is 30.4 Å². The molecule has 0 bridgehead atoms. The molecule has 0 radical (unpaired) electrons. The zero-order valence-electron chi connectivity index (χ0n) is 13.8. The Labute approximate surface area is 145 Å². The van der Waals surface area contributed by atoms with E-state index >= 15 is 0 Å². The lowest BCUT2D eigenvalue weighted by Crippen LogP contribution is -2.00. The molecule has 2 aromatic heterocycles. The fourth-order valence-corrected chi connectivity index (χ4v) is 3.94. The maximum atomic E-state index is 5.48. The van der Waals surface area contributed by atoms with Crippen LogP contribution in [-0.2, 0) is 4.74 Å². The third kappa shape index (κ3) is 2.99. The van der Waals surface area contributed by atoms with Gasteiger partial charge in [0.05, 0.1) is 17.8 Å². The second-order valence-electron chi connectivity index (χ2n) is 6.09. The maximum Gasteiger partial charge on any atom is 0.155 e. The van der Waals surface area contributed by atoms with E-state index in [4.69, 9.17) is 4.74 Å². The molecule has 5 nitrogen and oxygen atoms in total. The van der Waals surface area contributed by atoms with Crippen LogP contribution in [0, 0.1) is 13.8 Å². The molecule has 124 valence electrons. The van der Waals surface area contributed by atoms with Gasteiger partial charge < -0.3 is 10.1 Å². The number of anilines is 2. The van der Waals surface area contributed by atoms with Gasteiger partial charge in [0.15, 0.2) is 5.82 Å². The third-order valence-corrected chi connectivity index (χ3v) is 5.64. The SMILES string of the molecule is Cc1[nH]nc(Nc2ccnc3ccc(SC4CCOC4)cc23)c1C. The van der Waals surface area contributed by atoms with Gasteiger partial charge in [0, 0.05) is 39.6 Å². The van der Waals surface area contributed by atoms with Crippen LogP contribution >= 0.6 is 11.8 Å². The van der Waals surface area contributed by atoms with E-state index in [1.165, 1.54) is 4.90 Å². The van der Waals surface area contributed by atoms with E-state index in [0.717, 1.165) is 53.3 Å². The predicted molar refractivity (Wildman–Crippen MR) is 98.2 cm³/mol. The van der Waals surface area contributed by atoms with Gasteiger partial charge in [-0.05, 0) is 44.5 Å². The van der Waals surface area contributed by atoms with E-state index in [-0.39, 0.29) is 0 Å². The monoisotopic (exact) mass is 340 g/mol. The molecule has 0 amide bonds. The number of nitrogens with one attached hydrogen (secondary N) is 2. The lowest BCUT2D eigenvalue weighted by Gasteiger charge is -2.11. The van der Waals surface area contributed by atoms with Crippen molar-refractivity contribution in [1.29, 1.82) is 0 Å². The number of rotatable bonds is 4. The smallest absolute Gasteiger partial charge is 0.155 e. The lowest BCUT2D eigenvalue weighted by molar-refractivity contribution is 0.199. The Morgan fingerprint density at radius 1 is 1.29 bits per heavy atom. The van der Waals surface area contributed by atoms with Crippen molar-refractivity contribution in [2.75, 3.05) is 18.5 Å². The molecule has 1 atom stereocenters. The summed E-state index contributed by atoms with van der Waals surface area (Å²) in [6.07, 6.45) is 2.95. The van der Waals surface area contributed by atoms with Crippen LogP contribution in [0.15, 0.2) is 35.4 Å². The molecule has 1 fully saturated rings. The van der Waals surface area contributed by atoms with Gasteiger partial charge in [-0.1, -0.05) is 0 Å². The minimum Gasteiger partial charge on any atom is -0.380 e. The number of thioether (sulfide) groups is 1. The number of H-pyrrole nitrogens is 1. The molecule has 2 N–H and O–H groups in total. The molecule has 0 spiro atoms. The number of pyridine rings is 1. The fraction of sp³-hybridized carbons (Fsp3) is 0.333. The zero-order valence-corrected chi connectivity index (χ0v) is 14.6. The Bertz CT molecular complexity index is 871. The summed E-state index contributed by atoms with van der Waals surface area (Å²) >= 11 is 1.89. The zero-order chi connectivity index (χ0) is 16.5. The van der Waals surface area contributed by atoms with Crippen molar-refractivity contribution < 1.29 is 4.74 Å². The summed E-state index contributed by atoms with van der Waals surface area (Å²) in [4.78, 5) is 5.74. The summed E-state index contributed by atoms with van der Waals surface area (Å²) < 4.78 is 5.48. The largest absolute Gasteiger partial charge is 0.380 e. The van der Waals surface area contributed by atoms with Gasteiger partial charge in [0.1, 0.15) is 0 Å². The van der Waals surface area contributed by atoms with Crippen molar-refractivity contribution in [1.82, 2.24) is 15.2 Å². The Hall–Kier alpha value is -2.05. The van der Waals surface area contributed by atoms with Crippen molar-refractivity contribution in [3.63, 3.8) is 0 Å². The van der Waals surface area contributed by atoms with E-state index < -0.39 is 0 Å². The number of fused-ring (bicyclic) bond motifs is 1. The molecule has 24 heavy (non-hydrogen) atoms. The minimum atomic E-state index is 0.548. The molecule has 3 aromatic rings. The molecule has 1 aliphatic rings. The van der Waals surface area contributed by atoms with Crippen LogP contribution in [0.3, 0.4) is 0 Å². The van der Waals surface area contributed by atoms with Crippen molar-refractivity contribution in [2.24, 2.45) is 0 Å². The van der Waals surface area contributed by atoms with E-state index in [0.29, 0.717) is 5.25 Å². The first-order valence-corrected chi connectivity index (χ1v) is 9.00. The fourth-order valence-electron chi connectivity index (χ4n) is 2.84. The van der Waals surface area contributed by atoms with Crippen LogP contribution in [0.1, 0.15) is 17.7 Å². The van der Waals surface area contributed by atoms with Crippen LogP contribution in [0.25, 0.3) is 10.9 Å². The third-order valence-electron chi connectivity index (χ3n) is 4.41. The van der Waals surface area contributed by atoms with Crippen molar-refractivity contribution >= 4 is 34.2 Å². The summed E-state index contributed by atoms with van der Waals surface area (Å²) in [6, 6.07) is 8.44. The van der Waals surface area contributed by atoms with Crippen LogP contribution in [0.5, 0.6) is 0 Å². The molecular weight excluding hydrogens is 320 g/mol. The molecule has 1 aliphatic heterocycles. The van der Waals surface area contributed by atoms with Crippen LogP contribution in [-0.4, -0.2) is 33.6 Å². The summed E-state index contributed by atoms with van der Waals surface area (Å²) in [5.41, 5.74) is 4.22. The molecule has 0 saturated carbocycles. The topological polar surface area (TPSA) is 62.8 Å². The Kier molecular flexibility index (Phi) is 4.16. The van der Waals surface area contributed by atoms with E-state index in [2.05, 4.69) is 45.6 Å². The second kappa shape index (κ2) is 6.45. The maximum absolute atomic E-state index is 5.48. The highest BCUT2D eigenvalue weighted by Gasteiger charge is 2.17. The molecule has 0 aliphatic carbocycles. The highest BCUT2D eigenvalue weighted by molar-refractivity contribution is 8.00. The number of benzene rings is 1. The molecule has 1 aromatic carbocycles. The molecule has 3 heterocycles. The Morgan fingerprint density at radius 3 is 2.96 bits per heavy atom. The summed E-state index contributed by atoms with van der Waals surface area (Å²) in [5.74, 6) is 0.863.